The second-order valence-electron chi connectivity index (χ2n) is 9.89. The molecule has 0 bridgehead atoms. The third-order valence-corrected chi connectivity index (χ3v) is 9.19. The van der Waals surface area contributed by atoms with E-state index in [0.29, 0.717) is 0 Å². The lowest BCUT2D eigenvalue weighted by Crippen LogP contribution is -2.36. The summed E-state index contributed by atoms with van der Waals surface area (Å²) < 4.78 is 2.29. The van der Waals surface area contributed by atoms with E-state index in [0.717, 1.165) is 50.5 Å². The molecule has 0 spiro atoms. The molecule has 2 aromatic heterocycles. The van der Waals surface area contributed by atoms with E-state index in [9.17, 15) is 0 Å². The number of pyridine rings is 2. The van der Waals surface area contributed by atoms with E-state index in [2.05, 4.69) is 147 Å². The van der Waals surface area contributed by atoms with Crippen molar-refractivity contribution in [1.29, 1.82) is 0 Å². The van der Waals surface area contributed by atoms with E-state index in [1.165, 1.54) is 11.3 Å². The summed E-state index contributed by atoms with van der Waals surface area (Å²) in [4.78, 5) is 17.3. The standard InChI is InChI=1S/C30H27IN6/c1-18-25(35-19(2)34(4)27-16-21-10-5-7-12-23(21)32-29(27)35)14-9-15-26(18)36-20(3)37(31)28-17-22-11-6-8-13-24(22)33-30(28)36/h5-17,19-20H,1-4H3/t19-,20-/m0/s1. The molecule has 0 aliphatic carbocycles. The minimum absolute atomic E-state index is 0.127. The monoisotopic (exact) mass is 598 g/mol. The summed E-state index contributed by atoms with van der Waals surface area (Å²) >= 11 is 2.42. The zero-order chi connectivity index (χ0) is 25.4. The Labute approximate surface area is 230 Å². The van der Waals surface area contributed by atoms with Crippen LogP contribution in [0.15, 0.2) is 78.9 Å². The van der Waals surface area contributed by atoms with E-state index >= 15 is 0 Å². The molecule has 3 aromatic carbocycles. The molecule has 7 rings (SSSR count). The van der Waals surface area contributed by atoms with E-state index in [1.807, 2.05) is 0 Å². The fraction of sp³-hybridized carbons (Fsp3) is 0.200. The number of fused-ring (bicyclic) bond motifs is 4. The van der Waals surface area contributed by atoms with E-state index in [-0.39, 0.29) is 12.3 Å². The third-order valence-electron chi connectivity index (χ3n) is 7.87. The molecule has 0 amide bonds. The molecule has 4 heterocycles. The molecule has 0 unspecified atom stereocenters. The summed E-state index contributed by atoms with van der Waals surface area (Å²) in [6.07, 6.45) is 0.265. The summed E-state index contributed by atoms with van der Waals surface area (Å²) in [6, 6.07) is 27.8. The van der Waals surface area contributed by atoms with Gasteiger partial charge in [0.05, 0.1) is 45.3 Å². The molecule has 37 heavy (non-hydrogen) atoms. The second-order valence-corrected chi connectivity index (χ2v) is 10.9. The number of nitrogens with zero attached hydrogens (tertiary/aromatic N) is 6. The van der Waals surface area contributed by atoms with Crippen LogP contribution in [-0.2, 0) is 0 Å². The summed E-state index contributed by atoms with van der Waals surface area (Å²) in [6.45, 7) is 6.70. The van der Waals surface area contributed by atoms with Crippen LogP contribution in [0.5, 0.6) is 0 Å². The van der Waals surface area contributed by atoms with Crippen molar-refractivity contribution >= 4 is 79.1 Å². The van der Waals surface area contributed by atoms with Crippen molar-refractivity contribution < 1.29 is 0 Å². The van der Waals surface area contributed by atoms with Crippen LogP contribution in [0.1, 0.15) is 19.4 Å². The van der Waals surface area contributed by atoms with Gasteiger partial charge in [-0.2, -0.15) is 0 Å². The Morgan fingerprint density at radius 1 is 0.649 bits per heavy atom. The molecule has 184 valence electrons. The highest BCUT2D eigenvalue weighted by atomic mass is 127. The quantitative estimate of drug-likeness (QED) is 0.153. The van der Waals surface area contributed by atoms with Crippen molar-refractivity contribution in [2.24, 2.45) is 0 Å². The number of benzene rings is 3. The summed E-state index contributed by atoms with van der Waals surface area (Å²) in [5.74, 6) is 2.00. The van der Waals surface area contributed by atoms with Gasteiger partial charge in [-0.3, -0.25) is 3.11 Å². The number of anilines is 6. The molecule has 0 saturated carbocycles. The van der Waals surface area contributed by atoms with Crippen LogP contribution in [0.25, 0.3) is 21.8 Å². The van der Waals surface area contributed by atoms with Gasteiger partial charge in [0, 0.05) is 29.2 Å². The first-order valence-electron chi connectivity index (χ1n) is 12.6. The average molecular weight is 598 g/mol. The van der Waals surface area contributed by atoms with Crippen LogP contribution < -0.4 is 17.8 Å². The predicted octanol–water partition coefficient (Wildman–Crippen LogP) is 7.68. The van der Waals surface area contributed by atoms with Crippen molar-refractivity contribution in [3.8, 4) is 0 Å². The topological polar surface area (TPSA) is 38.7 Å². The Kier molecular flexibility index (Phi) is 5.01. The average Bonchev–Trinajstić information content (AvgIpc) is 3.30. The molecule has 0 N–H and O–H groups in total. The number of hydrogen-bond acceptors (Lipinski definition) is 6. The highest BCUT2D eigenvalue weighted by molar-refractivity contribution is 14.1. The molecule has 0 saturated heterocycles. The molecule has 5 aromatic rings. The molecule has 2 aliphatic heterocycles. The minimum atomic E-state index is 0.127. The number of halogens is 1. The predicted molar refractivity (Wildman–Crippen MR) is 163 cm³/mol. The maximum Gasteiger partial charge on any atom is 0.159 e. The van der Waals surface area contributed by atoms with Crippen molar-refractivity contribution in [3.63, 3.8) is 0 Å². The normalized spacial score (nSPS) is 18.7. The minimum Gasteiger partial charge on any atom is -0.351 e. The fourth-order valence-corrected chi connectivity index (χ4v) is 6.36. The lowest BCUT2D eigenvalue weighted by molar-refractivity contribution is 0.729. The van der Waals surface area contributed by atoms with Crippen molar-refractivity contribution in [3.05, 3.63) is 84.4 Å². The Morgan fingerprint density at radius 3 is 1.78 bits per heavy atom. The molecular weight excluding hydrogens is 571 g/mol. The molecule has 6 nitrogen and oxygen atoms in total. The third kappa shape index (κ3) is 3.22. The summed E-state index contributed by atoms with van der Waals surface area (Å²) in [5.41, 5.74) is 7.87. The van der Waals surface area contributed by atoms with Crippen LogP contribution in [0, 0.1) is 6.92 Å². The van der Waals surface area contributed by atoms with Gasteiger partial charge in [-0.1, -0.05) is 42.5 Å². The van der Waals surface area contributed by atoms with Crippen LogP contribution in [0.3, 0.4) is 0 Å². The smallest absolute Gasteiger partial charge is 0.159 e. The second kappa shape index (κ2) is 8.21. The lowest BCUT2D eigenvalue weighted by atomic mass is 10.1. The van der Waals surface area contributed by atoms with Gasteiger partial charge in [0.1, 0.15) is 12.3 Å². The molecule has 2 aliphatic rings. The van der Waals surface area contributed by atoms with E-state index < -0.39 is 0 Å². The fourth-order valence-electron chi connectivity index (χ4n) is 5.76. The van der Waals surface area contributed by atoms with E-state index in [4.69, 9.17) is 9.97 Å². The van der Waals surface area contributed by atoms with E-state index in [1.54, 1.807) is 0 Å². The van der Waals surface area contributed by atoms with Gasteiger partial charge in [-0.15, -0.1) is 0 Å². The molecule has 7 heteroatoms. The Morgan fingerprint density at radius 2 is 1.16 bits per heavy atom. The molecule has 2 atom stereocenters. The van der Waals surface area contributed by atoms with Gasteiger partial charge in [0.25, 0.3) is 0 Å². The maximum atomic E-state index is 5.13. The van der Waals surface area contributed by atoms with Gasteiger partial charge >= 0.3 is 0 Å². The Balaban J connectivity index is 1.39. The van der Waals surface area contributed by atoms with Crippen LogP contribution >= 0.6 is 22.9 Å². The number of para-hydroxylation sites is 2. The first-order chi connectivity index (χ1) is 17.9. The Bertz CT molecular complexity index is 1580. The number of rotatable bonds is 2. The first-order valence-corrected chi connectivity index (χ1v) is 13.6. The molecule has 0 radical (unpaired) electrons. The lowest BCUT2D eigenvalue weighted by Gasteiger charge is -2.32. The van der Waals surface area contributed by atoms with Gasteiger partial charge in [-0.25, -0.2) is 9.97 Å². The van der Waals surface area contributed by atoms with Gasteiger partial charge in [0.2, 0.25) is 0 Å². The SMILES string of the molecule is Cc1c(N2c3nc4ccccc4cc3N(I)[C@H]2C)cccc1N1c2nc3ccccc3cc2N(C)[C@@H]1C. The zero-order valence-corrected chi connectivity index (χ0v) is 23.4. The van der Waals surface area contributed by atoms with Crippen LogP contribution in [0.4, 0.5) is 34.4 Å². The van der Waals surface area contributed by atoms with Crippen molar-refractivity contribution in [1.82, 2.24) is 9.97 Å². The van der Waals surface area contributed by atoms with Gasteiger partial charge < -0.3 is 14.7 Å². The molecule has 0 fully saturated rings. The van der Waals surface area contributed by atoms with Crippen LogP contribution in [0.2, 0.25) is 0 Å². The first kappa shape index (κ1) is 22.6. The summed E-state index contributed by atoms with van der Waals surface area (Å²) in [7, 11) is 2.15. The van der Waals surface area contributed by atoms with Crippen LogP contribution in [-0.4, -0.2) is 29.3 Å². The maximum absolute atomic E-state index is 5.13. The van der Waals surface area contributed by atoms with Gasteiger partial charge in [-0.05, 0) is 62.7 Å². The largest absolute Gasteiger partial charge is 0.351 e. The van der Waals surface area contributed by atoms with Crippen molar-refractivity contribution in [2.75, 3.05) is 24.9 Å². The number of hydrogen-bond donors (Lipinski definition) is 0. The zero-order valence-electron chi connectivity index (χ0n) is 21.2. The summed E-state index contributed by atoms with van der Waals surface area (Å²) in [5, 5.41) is 2.32. The Hall–Kier alpha value is -3.59. The highest BCUT2D eigenvalue weighted by Gasteiger charge is 2.38. The number of aromatic nitrogens is 2. The molecular formula is C30H27IN6. The van der Waals surface area contributed by atoms with Gasteiger partial charge in [0.15, 0.2) is 11.6 Å². The van der Waals surface area contributed by atoms with Crippen molar-refractivity contribution in [2.45, 2.75) is 33.1 Å². The highest BCUT2D eigenvalue weighted by Crippen LogP contribution is 2.50.